The van der Waals surface area contributed by atoms with E-state index in [0.717, 1.165) is 10.7 Å². The highest BCUT2D eigenvalue weighted by Crippen LogP contribution is 2.27. The second-order valence-electron chi connectivity index (χ2n) is 3.86. The molecule has 0 N–H and O–H groups in total. The molecule has 84 valence electrons. The van der Waals surface area contributed by atoms with Gasteiger partial charge in [-0.15, -0.1) is 11.3 Å². The van der Waals surface area contributed by atoms with Gasteiger partial charge in [0.05, 0.1) is 5.69 Å². The van der Waals surface area contributed by atoms with Crippen molar-refractivity contribution in [2.45, 2.75) is 5.75 Å². The molecule has 0 fully saturated rings. The maximum absolute atomic E-state index is 4.55. The normalized spacial score (nSPS) is 10.9. The van der Waals surface area contributed by atoms with Crippen LogP contribution in [0.2, 0.25) is 0 Å². The summed E-state index contributed by atoms with van der Waals surface area (Å²) >= 11 is 5.91. The Hall–Kier alpha value is -1.32. The van der Waals surface area contributed by atoms with E-state index in [9.17, 15) is 0 Å². The lowest BCUT2D eigenvalue weighted by Gasteiger charge is -2.00. The smallest absolute Gasteiger partial charge is 0.123 e. The van der Waals surface area contributed by atoms with E-state index in [1.807, 2.05) is 0 Å². The van der Waals surface area contributed by atoms with Gasteiger partial charge < -0.3 is 0 Å². The zero-order valence-corrected chi connectivity index (χ0v) is 10.8. The quantitative estimate of drug-likeness (QED) is 0.672. The number of fused-ring (bicyclic) bond motifs is 1. The van der Waals surface area contributed by atoms with Crippen molar-refractivity contribution in [3.63, 3.8) is 0 Å². The molecule has 0 atom stereocenters. The van der Waals surface area contributed by atoms with Crippen molar-refractivity contribution in [3.05, 3.63) is 53.5 Å². The number of hydrogen-bond acceptors (Lipinski definition) is 3. The first-order chi connectivity index (χ1) is 8.36. The van der Waals surface area contributed by atoms with E-state index in [2.05, 4.69) is 65.5 Å². The van der Waals surface area contributed by atoms with Crippen molar-refractivity contribution >= 4 is 34.7 Å². The lowest BCUT2D eigenvalue weighted by atomic mass is 10.1. The molecule has 3 aromatic rings. The fourth-order valence-corrected chi connectivity index (χ4v) is 2.94. The Balaban J connectivity index is 2.11. The fraction of sp³-hybridized carbons (Fsp3) is 0.0714. The number of rotatable bonds is 2. The third kappa shape index (κ3) is 2.08. The Morgan fingerprint density at radius 1 is 1.06 bits per heavy atom. The fourth-order valence-electron chi connectivity index (χ4n) is 1.83. The summed E-state index contributed by atoms with van der Waals surface area (Å²) in [7, 11) is 0. The van der Waals surface area contributed by atoms with Crippen LogP contribution in [0.25, 0.3) is 21.3 Å². The minimum atomic E-state index is 0.698. The van der Waals surface area contributed by atoms with Gasteiger partial charge in [0.25, 0.3) is 0 Å². The molecule has 0 bridgehead atoms. The molecule has 1 nitrogen and oxygen atoms in total. The summed E-state index contributed by atoms with van der Waals surface area (Å²) in [4.78, 5) is 4.55. The third-order valence-corrected chi connectivity index (χ3v) is 3.97. The van der Waals surface area contributed by atoms with Crippen LogP contribution in [-0.4, -0.2) is 4.98 Å². The maximum Gasteiger partial charge on any atom is 0.123 e. The van der Waals surface area contributed by atoms with E-state index >= 15 is 0 Å². The second-order valence-corrected chi connectivity index (χ2v) is 5.04. The summed E-state index contributed by atoms with van der Waals surface area (Å²) in [6.45, 7) is 0. The van der Waals surface area contributed by atoms with Gasteiger partial charge in [-0.3, -0.25) is 0 Å². The lowest BCUT2D eigenvalue weighted by molar-refractivity contribution is 1.24. The molecule has 2 aromatic carbocycles. The molecule has 0 spiro atoms. The average molecular weight is 257 g/mol. The summed E-state index contributed by atoms with van der Waals surface area (Å²) in [6, 6.07) is 14.8. The largest absolute Gasteiger partial charge is 0.240 e. The standard InChI is InChI=1S/C14H11NS2/c16-8-13-9-17-14(15-13)12-6-5-10-3-1-2-4-11(10)7-12/h1-7,9,16H,8H2. The first-order valence-electron chi connectivity index (χ1n) is 5.41. The predicted octanol–water partition coefficient (Wildman–Crippen LogP) is 4.39. The zero-order valence-electron chi connectivity index (χ0n) is 9.13. The first-order valence-corrected chi connectivity index (χ1v) is 6.92. The van der Waals surface area contributed by atoms with Crippen LogP contribution >= 0.6 is 24.0 Å². The van der Waals surface area contributed by atoms with E-state index in [1.165, 1.54) is 16.3 Å². The minimum Gasteiger partial charge on any atom is -0.240 e. The molecule has 0 aliphatic heterocycles. The van der Waals surface area contributed by atoms with Gasteiger partial charge in [-0.25, -0.2) is 4.98 Å². The third-order valence-electron chi connectivity index (χ3n) is 2.71. The van der Waals surface area contributed by atoms with Crippen molar-refractivity contribution in [2.75, 3.05) is 0 Å². The van der Waals surface area contributed by atoms with Crippen molar-refractivity contribution < 1.29 is 0 Å². The Bertz CT molecular complexity index is 658. The van der Waals surface area contributed by atoms with Gasteiger partial charge >= 0.3 is 0 Å². The molecule has 0 saturated heterocycles. The van der Waals surface area contributed by atoms with Crippen molar-refractivity contribution in [1.29, 1.82) is 0 Å². The summed E-state index contributed by atoms with van der Waals surface area (Å²) < 4.78 is 0. The van der Waals surface area contributed by atoms with Crippen LogP contribution in [-0.2, 0) is 5.75 Å². The van der Waals surface area contributed by atoms with Crippen LogP contribution in [0.3, 0.4) is 0 Å². The molecule has 0 unspecified atom stereocenters. The highest BCUT2D eigenvalue weighted by molar-refractivity contribution is 7.79. The Kier molecular flexibility index (Phi) is 2.87. The predicted molar refractivity (Wildman–Crippen MR) is 77.7 cm³/mol. The van der Waals surface area contributed by atoms with Crippen LogP contribution in [0.4, 0.5) is 0 Å². The molecule has 1 aromatic heterocycles. The van der Waals surface area contributed by atoms with E-state index in [-0.39, 0.29) is 0 Å². The topological polar surface area (TPSA) is 12.9 Å². The molecule has 1 heterocycles. The molecule has 0 aliphatic carbocycles. The van der Waals surface area contributed by atoms with Crippen molar-refractivity contribution in [2.24, 2.45) is 0 Å². The van der Waals surface area contributed by atoms with Crippen molar-refractivity contribution in [3.8, 4) is 10.6 Å². The summed E-state index contributed by atoms with van der Waals surface area (Å²) in [5, 5.41) is 5.66. The molecule has 17 heavy (non-hydrogen) atoms. The summed E-state index contributed by atoms with van der Waals surface area (Å²) in [5.74, 6) is 0.698. The molecule has 0 amide bonds. The molecule has 0 aliphatic rings. The van der Waals surface area contributed by atoms with Gasteiger partial charge in [0.15, 0.2) is 0 Å². The molecule has 3 rings (SSSR count). The van der Waals surface area contributed by atoms with E-state index < -0.39 is 0 Å². The highest BCUT2D eigenvalue weighted by atomic mass is 32.1. The summed E-state index contributed by atoms with van der Waals surface area (Å²) in [6.07, 6.45) is 0. The average Bonchev–Trinajstić information content (AvgIpc) is 2.87. The number of thiazole rings is 1. The molecular weight excluding hydrogens is 246 g/mol. The zero-order chi connectivity index (χ0) is 11.7. The Labute approximate surface area is 110 Å². The second kappa shape index (κ2) is 4.51. The number of nitrogens with zero attached hydrogens (tertiary/aromatic N) is 1. The number of hydrogen-bond donors (Lipinski definition) is 1. The number of thiol groups is 1. The van der Waals surface area contributed by atoms with Crippen LogP contribution in [0, 0.1) is 0 Å². The SMILES string of the molecule is SCc1csc(-c2ccc3ccccc3c2)n1. The van der Waals surface area contributed by atoms with Crippen LogP contribution in [0.5, 0.6) is 0 Å². The monoisotopic (exact) mass is 257 g/mol. The van der Waals surface area contributed by atoms with Gasteiger partial charge in [0.2, 0.25) is 0 Å². The molecule has 3 heteroatoms. The molecular formula is C14H11NS2. The van der Waals surface area contributed by atoms with E-state index in [0.29, 0.717) is 5.75 Å². The Morgan fingerprint density at radius 2 is 1.88 bits per heavy atom. The number of benzene rings is 2. The van der Waals surface area contributed by atoms with E-state index in [4.69, 9.17) is 0 Å². The van der Waals surface area contributed by atoms with Gasteiger partial charge in [-0.1, -0.05) is 36.4 Å². The van der Waals surface area contributed by atoms with Gasteiger partial charge in [-0.05, 0) is 16.8 Å². The molecule has 0 saturated carbocycles. The first kappa shape index (κ1) is 10.8. The molecule has 0 radical (unpaired) electrons. The number of aromatic nitrogens is 1. The minimum absolute atomic E-state index is 0.698. The van der Waals surface area contributed by atoms with Gasteiger partial charge in [0.1, 0.15) is 5.01 Å². The Morgan fingerprint density at radius 3 is 2.65 bits per heavy atom. The lowest BCUT2D eigenvalue weighted by Crippen LogP contribution is -1.80. The maximum atomic E-state index is 4.55. The highest BCUT2D eigenvalue weighted by Gasteiger charge is 2.04. The van der Waals surface area contributed by atoms with Crippen LogP contribution in [0.15, 0.2) is 47.8 Å². The van der Waals surface area contributed by atoms with Crippen LogP contribution in [0.1, 0.15) is 5.69 Å². The summed E-state index contributed by atoms with van der Waals surface area (Å²) in [5.41, 5.74) is 2.23. The van der Waals surface area contributed by atoms with E-state index in [1.54, 1.807) is 11.3 Å². The van der Waals surface area contributed by atoms with Crippen molar-refractivity contribution in [1.82, 2.24) is 4.98 Å². The van der Waals surface area contributed by atoms with Gasteiger partial charge in [-0.2, -0.15) is 12.6 Å². The van der Waals surface area contributed by atoms with Gasteiger partial charge in [0, 0.05) is 16.7 Å². The van der Waals surface area contributed by atoms with Crippen LogP contribution < -0.4 is 0 Å².